The summed E-state index contributed by atoms with van der Waals surface area (Å²) in [4.78, 5) is 8.87. The summed E-state index contributed by atoms with van der Waals surface area (Å²) >= 11 is 12.9. The number of halogens is 2. The molecular weight excluding hydrogens is 315 g/mol. The van der Waals surface area contributed by atoms with E-state index >= 15 is 0 Å². The van der Waals surface area contributed by atoms with E-state index in [4.69, 9.17) is 23.2 Å². The molecule has 0 aromatic carbocycles. The van der Waals surface area contributed by atoms with Crippen molar-refractivity contribution in [2.45, 2.75) is 52.4 Å². The van der Waals surface area contributed by atoms with Crippen LogP contribution >= 0.6 is 23.2 Å². The Morgan fingerprint density at radius 2 is 1.55 bits per heavy atom. The summed E-state index contributed by atoms with van der Waals surface area (Å²) in [7, 11) is 0. The predicted octanol–water partition coefficient (Wildman–Crippen LogP) is 6.05. The van der Waals surface area contributed by atoms with E-state index in [0.717, 1.165) is 11.3 Å². The minimum Gasteiger partial charge on any atom is -0.255 e. The molecule has 2 heterocycles. The minimum atomic E-state index is -0.159. The topological polar surface area (TPSA) is 25.8 Å². The molecule has 0 aliphatic carbocycles. The molecule has 0 spiro atoms. The van der Waals surface area contributed by atoms with Crippen LogP contribution in [0.2, 0.25) is 10.0 Å². The van der Waals surface area contributed by atoms with Gasteiger partial charge < -0.3 is 0 Å². The van der Waals surface area contributed by atoms with Gasteiger partial charge in [0, 0.05) is 12.4 Å². The largest absolute Gasteiger partial charge is 0.255 e. The molecule has 0 unspecified atom stereocenters. The number of hydrogen-bond donors (Lipinski definition) is 0. The molecule has 0 saturated heterocycles. The standard InChI is InChI=1S/C18H22Cl2N2/c1-17(2,3)11-7-8-21-13(9-11)16-15(20)14(18(4,5)6)12(19)10-22-16/h7-10H,1-6H3. The van der Waals surface area contributed by atoms with E-state index < -0.39 is 0 Å². The monoisotopic (exact) mass is 336 g/mol. The van der Waals surface area contributed by atoms with Crippen LogP contribution in [-0.2, 0) is 10.8 Å². The Balaban J connectivity index is 2.65. The van der Waals surface area contributed by atoms with Crippen LogP contribution in [0.1, 0.15) is 52.7 Å². The fourth-order valence-electron chi connectivity index (χ4n) is 2.36. The van der Waals surface area contributed by atoms with E-state index in [1.54, 1.807) is 12.4 Å². The highest BCUT2D eigenvalue weighted by Gasteiger charge is 2.25. The van der Waals surface area contributed by atoms with Crippen LogP contribution in [0.15, 0.2) is 24.5 Å². The van der Waals surface area contributed by atoms with Crippen molar-refractivity contribution in [2.24, 2.45) is 0 Å². The van der Waals surface area contributed by atoms with Crippen LogP contribution in [0, 0.1) is 0 Å². The lowest BCUT2D eigenvalue weighted by atomic mass is 9.85. The molecule has 0 N–H and O–H groups in total. The van der Waals surface area contributed by atoms with E-state index in [-0.39, 0.29) is 10.8 Å². The molecule has 0 aliphatic rings. The fraction of sp³-hybridized carbons (Fsp3) is 0.444. The van der Waals surface area contributed by atoms with Gasteiger partial charge in [0.25, 0.3) is 0 Å². The Hall–Kier alpha value is -1.12. The van der Waals surface area contributed by atoms with Gasteiger partial charge in [0.05, 0.1) is 15.7 Å². The summed E-state index contributed by atoms with van der Waals surface area (Å²) in [5, 5.41) is 1.17. The van der Waals surface area contributed by atoms with Crippen molar-refractivity contribution in [3.05, 3.63) is 45.7 Å². The van der Waals surface area contributed by atoms with Crippen LogP contribution in [0.5, 0.6) is 0 Å². The Kier molecular flexibility index (Phi) is 4.56. The zero-order valence-corrected chi connectivity index (χ0v) is 15.5. The predicted molar refractivity (Wildman–Crippen MR) is 94.9 cm³/mol. The van der Waals surface area contributed by atoms with Gasteiger partial charge in [-0.05, 0) is 34.1 Å². The molecule has 0 amide bonds. The maximum Gasteiger partial charge on any atom is 0.108 e. The van der Waals surface area contributed by atoms with Crippen molar-refractivity contribution in [1.29, 1.82) is 0 Å². The Labute approximate surface area is 142 Å². The summed E-state index contributed by atoms with van der Waals surface area (Å²) in [5.41, 5.74) is 3.45. The van der Waals surface area contributed by atoms with Gasteiger partial charge in [0.15, 0.2) is 0 Å². The first kappa shape index (κ1) is 17.2. The number of aromatic nitrogens is 2. The third-order valence-electron chi connectivity index (χ3n) is 3.59. The highest BCUT2D eigenvalue weighted by Crippen LogP contribution is 2.39. The number of pyridine rings is 2. The second-order valence-electron chi connectivity index (χ2n) is 7.57. The molecule has 2 aromatic heterocycles. The summed E-state index contributed by atoms with van der Waals surface area (Å²) in [6.45, 7) is 12.8. The number of nitrogens with zero attached hydrogens (tertiary/aromatic N) is 2. The molecule has 0 atom stereocenters. The molecule has 0 fully saturated rings. The average Bonchev–Trinajstić information content (AvgIpc) is 2.36. The van der Waals surface area contributed by atoms with Crippen LogP contribution in [0.25, 0.3) is 11.4 Å². The van der Waals surface area contributed by atoms with Crippen molar-refractivity contribution in [1.82, 2.24) is 9.97 Å². The first-order valence-corrected chi connectivity index (χ1v) is 8.09. The van der Waals surface area contributed by atoms with Crippen molar-refractivity contribution < 1.29 is 0 Å². The van der Waals surface area contributed by atoms with E-state index in [1.807, 2.05) is 6.07 Å². The first-order chi connectivity index (χ1) is 10.0. The van der Waals surface area contributed by atoms with Gasteiger partial charge in [0.2, 0.25) is 0 Å². The lowest BCUT2D eigenvalue weighted by Crippen LogP contribution is -2.14. The van der Waals surface area contributed by atoms with Crippen molar-refractivity contribution in [2.75, 3.05) is 0 Å². The lowest BCUT2D eigenvalue weighted by molar-refractivity contribution is 0.588. The van der Waals surface area contributed by atoms with Crippen molar-refractivity contribution >= 4 is 23.2 Å². The van der Waals surface area contributed by atoms with Gasteiger partial charge in [-0.1, -0.05) is 64.7 Å². The molecule has 22 heavy (non-hydrogen) atoms. The van der Waals surface area contributed by atoms with E-state index in [9.17, 15) is 0 Å². The molecule has 2 aromatic rings. The second kappa shape index (κ2) is 5.82. The number of rotatable bonds is 1. The van der Waals surface area contributed by atoms with Gasteiger partial charge >= 0.3 is 0 Å². The highest BCUT2D eigenvalue weighted by atomic mass is 35.5. The van der Waals surface area contributed by atoms with Gasteiger partial charge in [-0.3, -0.25) is 9.97 Å². The fourth-order valence-corrected chi connectivity index (χ4v) is 3.36. The van der Waals surface area contributed by atoms with E-state index in [2.05, 4.69) is 57.6 Å². The maximum absolute atomic E-state index is 6.61. The minimum absolute atomic E-state index is 0.0451. The van der Waals surface area contributed by atoms with Crippen LogP contribution in [-0.4, -0.2) is 9.97 Å². The summed E-state index contributed by atoms with van der Waals surface area (Å²) in [6, 6.07) is 4.08. The van der Waals surface area contributed by atoms with Crippen LogP contribution in [0.3, 0.4) is 0 Å². The van der Waals surface area contributed by atoms with Crippen LogP contribution < -0.4 is 0 Å². The second-order valence-corrected chi connectivity index (χ2v) is 8.36. The SMILES string of the molecule is CC(C)(C)c1ccnc(-c2ncc(Cl)c(C(C)(C)C)c2Cl)c1. The molecule has 4 heteroatoms. The summed E-state index contributed by atoms with van der Waals surface area (Å²) < 4.78 is 0. The Morgan fingerprint density at radius 1 is 0.909 bits per heavy atom. The quantitative estimate of drug-likeness (QED) is 0.633. The average molecular weight is 337 g/mol. The van der Waals surface area contributed by atoms with Gasteiger partial charge in [-0.25, -0.2) is 0 Å². The summed E-state index contributed by atoms with van der Waals surface area (Å²) in [5.74, 6) is 0. The molecule has 0 saturated carbocycles. The zero-order chi connectivity index (χ0) is 16.7. The first-order valence-electron chi connectivity index (χ1n) is 7.33. The third kappa shape index (κ3) is 3.44. The van der Waals surface area contributed by atoms with Gasteiger partial charge in [-0.15, -0.1) is 0 Å². The smallest absolute Gasteiger partial charge is 0.108 e. The molecule has 118 valence electrons. The highest BCUT2D eigenvalue weighted by molar-refractivity contribution is 6.37. The van der Waals surface area contributed by atoms with E-state index in [1.165, 1.54) is 5.56 Å². The maximum atomic E-state index is 6.61. The molecule has 2 nitrogen and oxygen atoms in total. The Morgan fingerprint density at radius 3 is 2.09 bits per heavy atom. The molecule has 0 bridgehead atoms. The summed E-state index contributed by atoms with van der Waals surface area (Å²) in [6.07, 6.45) is 3.47. The third-order valence-corrected chi connectivity index (χ3v) is 4.25. The van der Waals surface area contributed by atoms with Crippen molar-refractivity contribution in [3.63, 3.8) is 0 Å². The molecule has 0 aliphatic heterocycles. The molecule has 2 rings (SSSR count). The Bertz CT molecular complexity index is 695. The van der Waals surface area contributed by atoms with Gasteiger partial charge in [-0.2, -0.15) is 0 Å². The molecule has 0 radical (unpaired) electrons. The van der Waals surface area contributed by atoms with Crippen molar-refractivity contribution in [3.8, 4) is 11.4 Å². The zero-order valence-electron chi connectivity index (χ0n) is 14.0. The van der Waals surface area contributed by atoms with Crippen LogP contribution in [0.4, 0.5) is 0 Å². The normalized spacial score (nSPS) is 12.5. The number of hydrogen-bond acceptors (Lipinski definition) is 2. The lowest BCUT2D eigenvalue weighted by Gasteiger charge is -2.23. The van der Waals surface area contributed by atoms with Gasteiger partial charge in [0.1, 0.15) is 5.69 Å². The van der Waals surface area contributed by atoms with E-state index in [0.29, 0.717) is 15.7 Å². The molecular formula is C18H22Cl2N2.